The van der Waals surface area contributed by atoms with Crippen LogP contribution in [0.2, 0.25) is 5.02 Å². The van der Waals surface area contributed by atoms with Gasteiger partial charge in [-0.2, -0.15) is 0 Å². The van der Waals surface area contributed by atoms with Gasteiger partial charge >= 0.3 is 0 Å². The quantitative estimate of drug-likeness (QED) is 0.539. The van der Waals surface area contributed by atoms with Gasteiger partial charge < -0.3 is 5.32 Å². The summed E-state index contributed by atoms with van der Waals surface area (Å²) >= 11 is 5.77. The van der Waals surface area contributed by atoms with Gasteiger partial charge in [0.2, 0.25) is 5.91 Å². The maximum Gasteiger partial charge on any atom is 0.251 e. The van der Waals surface area contributed by atoms with E-state index in [1.54, 1.807) is 24.3 Å². The number of rotatable bonds is 7. The summed E-state index contributed by atoms with van der Waals surface area (Å²) in [4.78, 5) is 23.5. The predicted octanol–water partition coefficient (Wildman–Crippen LogP) is 2.99. The lowest BCUT2D eigenvalue weighted by molar-refractivity contribution is -0.120. The van der Waals surface area contributed by atoms with Crippen molar-refractivity contribution in [3.8, 4) is 0 Å². The third kappa shape index (κ3) is 6.00. The molecule has 0 fully saturated rings. The van der Waals surface area contributed by atoms with Crippen LogP contribution in [0.3, 0.4) is 0 Å². The predicted molar refractivity (Wildman–Crippen MR) is 91.2 cm³/mol. The first-order valence-electron chi connectivity index (χ1n) is 7.29. The zero-order valence-electron chi connectivity index (χ0n) is 12.5. The highest BCUT2D eigenvalue weighted by Gasteiger charge is 2.05. The van der Waals surface area contributed by atoms with Crippen LogP contribution in [0, 0.1) is 0 Å². The molecule has 0 radical (unpaired) electrons. The number of carbonyl (C=O) groups is 2. The number of anilines is 1. The Morgan fingerprint density at radius 3 is 2.35 bits per heavy atom. The Labute approximate surface area is 140 Å². The molecule has 5 nitrogen and oxygen atoms in total. The average Bonchev–Trinajstić information content (AvgIpc) is 2.58. The van der Waals surface area contributed by atoms with E-state index in [1.165, 1.54) is 0 Å². The SMILES string of the molecule is O=C(CCCNC(=O)c1ccc(Cl)cc1)NNc1ccccc1. The van der Waals surface area contributed by atoms with E-state index in [9.17, 15) is 9.59 Å². The first-order chi connectivity index (χ1) is 11.1. The molecule has 2 amide bonds. The summed E-state index contributed by atoms with van der Waals surface area (Å²) in [5, 5.41) is 3.35. The standard InChI is InChI=1S/C17H18ClN3O2/c18-14-10-8-13(9-11-14)17(23)19-12-4-7-16(22)21-20-15-5-2-1-3-6-15/h1-3,5-6,8-11,20H,4,7,12H2,(H,19,23)(H,21,22). The minimum absolute atomic E-state index is 0.130. The molecule has 0 aliphatic rings. The van der Waals surface area contributed by atoms with Gasteiger partial charge in [0, 0.05) is 23.6 Å². The van der Waals surface area contributed by atoms with Crippen LogP contribution in [0.25, 0.3) is 0 Å². The molecule has 0 atom stereocenters. The van der Waals surface area contributed by atoms with Gasteiger partial charge in [0.1, 0.15) is 0 Å². The van der Waals surface area contributed by atoms with Crippen molar-refractivity contribution in [3.63, 3.8) is 0 Å². The van der Waals surface area contributed by atoms with Gasteiger partial charge in [-0.3, -0.25) is 20.4 Å². The Balaban J connectivity index is 1.62. The van der Waals surface area contributed by atoms with Crippen LogP contribution >= 0.6 is 11.6 Å². The lowest BCUT2D eigenvalue weighted by atomic mass is 10.2. The van der Waals surface area contributed by atoms with Crippen molar-refractivity contribution in [1.82, 2.24) is 10.7 Å². The average molecular weight is 332 g/mol. The van der Waals surface area contributed by atoms with Crippen molar-refractivity contribution in [3.05, 3.63) is 65.2 Å². The molecule has 0 heterocycles. The second-order valence-corrected chi connectivity index (χ2v) is 5.34. The summed E-state index contributed by atoms with van der Waals surface area (Å²) in [6, 6.07) is 16.0. The Morgan fingerprint density at radius 2 is 1.65 bits per heavy atom. The summed E-state index contributed by atoms with van der Waals surface area (Å²) in [5.41, 5.74) is 6.80. The Bertz CT molecular complexity index is 645. The normalized spacial score (nSPS) is 9.96. The van der Waals surface area contributed by atoms with Crippen LogP contribution in [0.1, 0.15) is 23.2 Å². The molecule has 0 unspecified atom stereocenters. The van der Waals surface area contributed by atoms with E-state index in [2.05, 4.69) is 16.2 Å². The molecule has 6 heteroatoms. The highest BCUT2D eigenvalue weighted by molar-refractivity contribution is 6.30. The summed E-state index contributed by atoms with van der Waals surface area (Å²) in [6.45, 7) is 0.431. The zero-order chi connectivity index (χ0) is 16.5. The molecule has 23 heavy (non-hydrogen) atoms. The van der Waals surface area contributed by atoms with Crippen LogP contribution in [-0.4, -0.2) is 18.4 Å². The van der Waals surface area contributed by atoms with Gasteiger partial charge in [-0.15, -0.1) is 0 Å². The topological polar surface area (TPSA) is 70.2 Å². The second-order valence-electron chi connectivity index (χ2n) is 4.91. The van der Waals surface area contributed by atoms with Crippen LogP contribution in [0.4, 0.5) is 5.69 Å². The molecule has 0 spiro atoms. The maximum absolute atomic E-state index is 11.8. The number of hydrogen-bond donors (Lipinski definition) is 3. The third-order valence-corrected chi connectivity index (χ3v) is 3.34. The number of hydrogen-bond acceptors (Lipinski definition) is 3. The molecule has 2 rings (SSSR count). The van der Waals surface area contributed by atoms with E-state index < -0.39 is 0 Å². The fraction of sp³-hybridized carbons (Fsp3) is 0.176. The minimum atomic E-state index is -0.176. The van der Waals surface area contributed by atoms with E-state index in [1.807, 2.05) is 30.3 Å². The molecule has 3 N–H and O–H groups in total. The van der Waals surface area contributed by atoms with Crippen molar-refractivity contribution in [2.75, 3.05) is 12.0 Å². The third-order valence-electron chi connectivity index (χ3n) is 3.09. The number of hydrazine groups is 1. The van der Waals surface area contributed by atoms with Crippen molar-refractivity contribution in [2.45, 2.75) is 12.8 Å². The Morgan fingerprint density at radius 1 is 0.957 bits per heavy atom. The monoisotopic (exact) mass is 331 g/mol. The molecule has 0 aliphatic carbocycles. The smallest absolute Gasteiger partial charge is 0.251 e. The summed E-state index contributed by atoms with van der Waals surface area (Å²) in [5.74, 6) is -0.306. The number of para-hydroxylation sites is 1. The first kappa shape index (κ1) is 16.8. The lowest BCUT2D eigenvalue weighted by Crippen LogP contribution is -2.30. The number of halogens is 1. The van der Waals surface area contributed by atoms with Crippen molar-refractivity contribution >= 4 is 29.1 Å². The molecule has 0 saturated carbocycles. The van der Waals surface area contributed by atoms with Crippen molar-refractivity contribution in [1.29, 1.82) is 0 Å². The molecule has 120 valence electrons. The van der Waals surface area contributed by atoms with Crippen molar-refractivity contribution < 1.29 is 9.59 Å². The van der Waals surface area contributed by atoms with Gasteiger partial charge in [0.05, 0.1) is 5.69 Å². The number of amides is 2. The van der Waals surface area contributed by atoms with Crippen LogP contribution in [0.5, 0.6) is 0 Å². The molecule has 2 aromatic rings. The van der Waals surface area contributed by atoms with Crippen molar-refractivity contribution in [2.24, 2.45) is 0 Å². The maximum atomic E-state index is 11.8. The minimum Gasteiger partial charge on any atom is -0.352 e. The highest BCUT2D eigenvalue weighted by atomic mass is 35.5. The number of benzene rings is 2. The van der Waals surface area contributed by atoms with Gasteiger partial charge in [-0.25, -0.2) is 0 Å². The summed E-state index contributed by atoms with van der Waals surface area (Å²) < 4.78 is 0. The van der Waals surface area contributed by atoms with E-state index in [0.29, 0.717) is 30.0 Å². The highest BCUT2D eigenvalue weighted by Crippen LogP contribution is 2.09. The summed E-state index contributed by atoms with van der Waals surface area (Å²) in [6.07, 6.45) is 0.877. The number of nitrogens with one attached hydrogen (secondary N) is 3. The Hall–Kier alpha value is -2.53. The molecular formula is C17H18ClN3O2. The van der Waals surface area contributed by atoms with E-state index in [4.69, 9.17) is 11.6 Å². The molecule has 0 aliphatic heterocycles. The molecule has 0 bridgehead atoms. The molecule has 2 aromatic carbocycles. The number of carbonyl (C=O) groups excluding carboxylic acids is 2. The van der Waals surface area contributed by atoms with Crippen LogP contribution < -0.4 is 16.2 Å². The first-order valence-corrected chi connectivity index (χ1v) is 7.66. The lowest BCUT2D eigenvalue weighted by Gasteiger charge is -2.08. The van der Waals surface area contributed by atoms with Gasteiger partial charge in [0.15, 0.2) is 0 Å². The second kappa shape index (κ2) is 8.80. The fourth-order valence-corrected chi connectivity index (χ4v) is 2.01. The molecule has 0 saturated heterocycles. The van der Waals surface area contributed by atoms with Crippen LogP contribution in [0.15, 0.2) is 54.6 Å². The molecular weight excluding hydrogens is 314 g/mol. The van der Waals surface area contributed by atoms with E-state index in [0.717, 1.165) is 5.69 Å². The Kier molecular flexibility index (Phi) is 6.44. The van der Waals surface area contributed by atoms with E-state index >= 15 is 0 Å². The van der Waals surface area contributed by atoms with Gasteiger partial charge in [0.25, 0.3) is 5.91 Å². The molecule has 0 aromatic heterocycles. The summed E-state index contributed by atoms with van der Waals surface area (Å²) in [7, 11) is 0. The van der Waals surface area contributed by atoms with Gasteiger partial charge in [-0.05, 0) is 42.8 Å². The van der Waals surface area contributed by atoms with Gasteiger partial charge in [-0.1, -0.05) is 29.8 Å². The largest absolute Gasteiger partial charge is 0.352 e. The zero-order valence-corrected chi connectivity index (χ0v) is 13.3. The van der Waals surface area contributed by atoms with E-state index in [-0.39, 0.29) is 11.8 Å². The fourth-order valence-electron chi connectivity index (χ4n) is 1.88. The van der Waals surface area contributed by atoms with Crippen LogP contribution in [-0.2, 0) is 4.79 Å².